The standard InChI is InChI=1S/C10H13NO2S/c1-7(11)10-6-8-4-2-3-5-9(8)14(10,12)13/h2-5,7,10H,6,11H2,1H3. The zero-order valence-electron chi connectivity index (χ0n) is 7.97. The van der Waals surface area contributed by atoms with Crippen LogP contribution in [0.25, 0.3) is 0 Å². The third-order valence-corrected chi connectivity index (χ3v) is 5.09. The fraction of sp³-hybridized carbons (Fsp3) is 0.400. The molecular weight excluding hydrogens is 198 g/mol. The number of fused-ring (bicyclic) bond motifs is 1. The minimum absolute atomic E-state index is 0.313. The molecule has 0 aromatic heterocycles. The van der Waals surface area contributed by atoms with E-state index in [4.69, 9.17) is 5.73 Å². The SMILES string of the molecule is CC(N)C1Cc2ccccc2S1(=O)=O. The van der Waals surface area contributed by atoms with Crippen molar-refractivity contribution in [3.05, 3.63) is 29.8 Å². The summed E-state index contributed by atoms with van der Waals surface area (Å²) in [5.41, 5.74) is 6.57. The molecule has 0 fully saturated rings. The van der Waals surface area contributed by atoms with Crippen LogP contribution in [0.3, 0.4) is 0 Å². The van der Waals surface area contributed by atoms with Crippen LogP contribution in [-0.2, 0) is 16.3 Å². The molecule has 1 heterocycles. The highest BCUT2D eigenvalue weighted by Crippen LogP contribution is 2.31. The lowest BCUT2D eigenvalue weighted by Gasteiger charge is -2.12. The van der Waals surface area contributed by atoms with Crippen molar-refractivity contribution in [3.8, 4) is 0 Å². The van der Waals surface area contributed by atoms with Crippen molar-refractivity contribution < 1.29 is 8.42 Å². The van der Waals surface area contributed by atoms with Gasteiger partial charge in [0.05, 0.1) is 10.1 Å². The zero-order valence-corrected chi connectivity index (χ0v) is 8.79. The molecule has 3 nitrogen and oxygen atoms in total. The first-order valence-corrected chi connectivity index (χ1v) is 6.15. The molecular formula is C10H13NO2S. The number of rotatable bonds is 1. The van der Waals surface area contributed by atoms with Gasteiger partial charge >= 0.3 is 0 Å². The first kappa shape index (κ1) is 9.68. The van der Waals surface area contributed by atoms with Crippen LogP contribution in [0.2, 0.25) is 0 Å². The molecule has 0 saturated heterocycles. The molecule has 0 saturated carbocycles. The van der Waals surface area contributed by atoms with Gasteiger partial charge in [-0.05, 0) is 25.0 Å². The average Bonchev–Trinajstić information content (AvgIpc) is 2.39. The summed E-state index contributed by atoms with van der Waals surface area (Å²) < 4.78 is 23.9. The third kappa shape index (κ3) is 1.26. The van der Waals surface area contributed by atoms with Crippen molar-refractivity contribution in [3.63, 3.8) is 0 Å². The largest absolute Gasteiger partial charge is 0.327 e. The van der Waals surface area contributed by atoms with Crippen LogP contribution in [0.15, 0.2) is 29.2 Å². The molecule has 0 bridgehead atoms. The molecule has 0 radical (unpaired) electrons. The van der Waals surface area contributed by atoms with Crippen LogP contribution >= 0.6 is 0 Å². The van der Waals surface area contributed by atoms with Crippen molar-refractivity contribution in [2.45, 2.75) is 29.5 Å². The fourth-order valence-electron chi connectivity index (χ4n) is 1.91. The summed E-state index contributed by atoms with van der Waals surface area (Å²) in [5.74, 6) is 0. The maximum atomic E-state index is 11.9. The molecule has 76 valence electrons. The van der Waals surface area contributed by atoms with Crippen LogP contribution < -0.4 is 5.73 Å². The predicted octanol–water partition coefficient (Wildman–Crippen LogP) is 0.732. The van der Waals surface area contributed by atoms with Gasteiger partial charge in [0, 0.05) is 6.04 Å². The smallest absolute Gasteiger partial charge is 0.183 e. The quantitative estimate of drug-likeness (QED) is 0.745. The number of hydrogen-bond acceptors (Lipinski definition) is 3. The van der Waals surface area contributed by atoms with E-state index in [0.29, 0.717) is 11.3 Å². The average molecular weight is 211 g/mol. The first-order valence-electron chi connectivity index (χ1n) is 4.61. The Morgan fingerprint density at radius 3 is 2.64 bits per heavy atom. The first-order chi connectivity index (χ1) is 6.53. The maximum Gasteiger partial charge on any atom is 0.183 e. The van der Waals surface area contributed by atoms with Crippen LogP contribution in [0.4, 0.5) is 0 Å². The van der Waals surface area contributed by atoms with Gasteiger partial charge in [-0.3, -0.25) is 0 Å². The van der Waals surface area contributed by atoms with Crippen molar-refractivity contribution in [2.75, 3.05) is 0 Å². The minimum Gasteiger partial charge on any atom is -0.327 e. The van der Waals surface area contributed by atoms with Crippen LogP contribution in [0.5, 0.6) is 0 Å². The van der Waals surface area contributed by atoms with Gasteiger partial charge in [-0.1, -0.05) is 18.2 Å². The molecule has 14 heavy (non-hydrogen) atoms. The molecule has 4 heteroatoms. The van der Waals surface area contributed by atoms with Gasteiger partial charge in [0.2, 0.25) is 0 Å². The summed E-state index contributed by atoms with van der Waals surface area (Å²) in [6.45, 7) is 1.74. The maximum absolute atomic E-state index is 11.9. The number of hydrogen-bond donors (Lipinski definition) is 1. The van der Waals surface area contributed by atoms with E-state index in [0.717, 1.165) is 5.56 Å². The lowest BCUT2D eigenvalue weighted by Crippen LogP contribution is -2.36. The second-order valence-corrected chi connectivity index (χ2v) is 5.89. The van der Waals surface area contributed by atoms with Gasteiger partial charge in [-0.2, -0.15) is 0 Å². The Balaban J connectivity index is 2.57. The molecule has 2 rings (SSSR count). The van der Waals surface area contributed by atoms with Crippen LogP contribution in [0, 0.1) is 0 Å². The molecule has 1 aromatic carbocycles. The Labute approximate surface area is 83.9 Å². The van der Waals surface area contributed by atoms with Gasteiger partial charge in [0.15, 0.2) is 9.84 Å². The molecule has 0 aliphatic carbocycles. The molecule has 2 atom stereocenters. The summed E-state index contributed by atoms with van der Waals surface area (Å²) in [6.07, 6.45) is 0.552. The van der Waals surface area contributed by atoms with Gasteiger partial charge in [-0.25, -0.2) is 8.42 Å². The summed E-state index contributed by atoms with van der Waals surface area (Å²) in [7, 11) is -3.17. The second-order valence-electron chi connectivity index (χ2n) is 3.75. The highest BCUT2D eigenvalue weighted by atomic mass is 32.2. The van der Waals surface area contributed by atoms with Crippen molar-refractivity contribution in [1.82, 2.24) is 0 Å². The Morgan fingerprint density at radius 1 is 1.43 bits per heavy atom. The van der Waals surface area contributed by atoms with Crippen LogP contribution in [-0.4, -0.2) is 19.7 Å². The lowest BCUT2D eigenvalue weighted by molar-refractivity contribution is 0.569. The van der Waals surface area contributed by atoms with E-state index in [9.17, 15) is 8.42 Å². The van der Waals surface area contributed by atoms with E-state index in [-0.39, 0.29) is 6.04 Å². The molecule has 1 aromatic rings. The molecule has 0 amide bonds. The summed E-state index contributed by atoms with van der Waals surface area (Å²) in [5, 5.41) is -0.445. The number of nitrogens with two attached hydrogens (primary N) is 1. The lowest BCUT2D eigenvalue weighted by atomic mass is 10.1. The topological polar surface area (TPSA) is 60.2 Å². The van der Waals surface area contributed by atoms with Gasteiger partial charge < -0.3 is 5.73 Å². The van der Waals surface area contributed by atoms with E-state index < -0.39 is 15.1 Å². The van der Waals surface area contributed by atoms with Crippen molar-refractivity contribution >= 4 is 9.84 Å². The Morgan fingerprint density at radius 2 is 2.07 bits per heavy atom. The van der Waals surface area contributed by atoms with Gasteiger partial charge in [-0.15, -0.1) is 0 Å². The Hall–Kier alpha value is -0.870. The van der Waals surface area contributed by atoms with E-state index >= 15 is 0 Å². The number of benzene rings is 1. The van der Waals surface area contributed by atoms with E-state index in [1.165, 1.54) is 0 Å². The summed E-state index contributed by atoms with van der Waals surface area (Å²) in [4.78, 5) is 0.460. The molecule has 2 unspecified atom stereocenters. The zero-order chi connectivity index (χ0) is 10.3. The molecule has 1 aliphatic rings. The monoisotopic (exact) mass is 211 g/mol. The van der Waals surface area contributed by atoms with Crippen LogP contribution in [0.1, 0.15) is 12.5 Å². The fourth-order valence-corrected chi connectivity index (χ4v) is 3.98. The van der Waals surface area contributed by atoms with Gasteiger partial charge in [0.1, 0.15) is 0 Å². The summed E-state index contributed by atoms with van der Waals surface area (Å²) >= 11 is 0. The Bertz CT molecular complexity index is 451. The minimum atomic E-state index is -3.17. The molecule has 0 spiro atoms. The predicted molar refractivity (Wildman–Crippen MR) is 54.8 cm³/mol. The molecule has 1 aliphatic heterocycles. The highest BCUT2D eigenvalue weighted by Gasteiger charge is 2.38. The second kappa shape index (κ2) is 3.07. The highest BCUT2D eigenvalue weighted by molar-refractivity contribution is 7.92. The van der Waals surface area contributed by atoms with Gasteiger partial charge in [0.25, 0.3) is 0 Å². The van der Waals surface area contributed by atoms with Crippen molar-refractivity contribution in [1.29, 1.82) is 0 Å². The third-order valence-electron chi connectivity index (χ3n) is 2.69. The Kier molecular flexibility index (Phi) is 2.12. The normalized spacial score (nSPS) is 25.7. The summed E-state index contributed by atoms with van der Waals surface area (Å²) in [6, 6.07) is 6.81. The molecule has 2 N–H and O–H groups in total. The van der Waals surface area contributed by atoms with E-state index in [1.807, 2.05) is 12.1 Å². The number of sulfone groups is 1. The van der Waals surface area contributed by atoms with E-state index in [2.05, 4.69) is 0 Å². The van der Waals surface area contributed by atoms with Crippen molar-refractivity contribution in [2.24, 2.45) is 5.73 Å². The van der Waals surface area contributed by atoms with E-state index in [1.54, 1.807) is 19.1 Å².